The van der Waals surface area contributed by atoms with Crippen LogP contribution in [0.4, 0.5) is 0 Å². The smallest absolute Gasteiger partial charge is 0.253 e. The lowest BCUT2D eigenvalue weighted by molar-refractivity contribution is -0.130. The molecule has 2 aromatic rings. The standard InChI is InChI=1S/C21H23ClN2O3S/c22-16-4-1-3-15(11-16)20(26)24-13-18(21(14-24)6-8-27-9-7-21)19(25)23-12-17-5-2-10-28-17/h1-5,10-11,18H,6-9,12-14H2,(H,23,25)/t18-/m0/s1. The van der Waals surface area contributed by atoms with E-state index in [1.165, 1.54) is 0 Å². The van der Waals surface area contributed by atoms with Gasteiger partial charge in [-0.15, -0.1) is 11.3 Å². The Labute approximate surface area is 173 Å². The van der Waals surface area contributed by atoms with E-state index in [4.69, 9.17) is 16.3 Å². The van der Waals surface area contributed by atoms with E-state index in [0.717, 1.165) is 17.7 Å². The normalized spacial score (nSPS) is 21.0. The van der Waals surface area contributed by atoms with Gasteiger partial charge in [-0.1, -0.05) is 23.7 Å². The molecule has 2 aliphatic rings. The molecule has 2 saturated heterocycles. The molecule has 1 aromatic heterocycles. The van der Waals surface area contributed by atoms with Gasteiger partial charge in [0.1, 0.15) is 0 Å². The number of ether oxygens (including phenoxy) is 1. The molecule has 28 heavy (non-hydrogen) atoms. The fourth-order valence-corrected chi connectivity index (χ4v) is 5.12. The SMILES string of the molecule is O=C(NCc1cccs1)[C@@H]1CN(C(=O)c2cccc(Cl)c2)CC12CCOCC2. The molecule has 0 saturated carbocycles. The number of halogens is 1. The van der Waals surface area contributed by atoms with Crippen LogP contribution in [0.2, 0.25) is 5.02 Å². The highest BCUT2D eigenvalue weighted by molar-refractivity contribution is 7.09. The molecule has 3 heterocycles. The lowest BCUT2D eigenvalue weighted by atomic mass is 9.72. The molecule has 0 unspecified atom stereocenters. The summed E-state index contributed by atoms with van der Waals surface area (Å²) in [6.45, 7) is 2.81. The van der Waals surface area contributed by atoms with Crippen molar-refractivity contribution in [1.29, 1.82) is 0 Å². The van der Waals surface area contributed by atoms with Gasteiger partial charge in [-0.05, 0) is 42.5 Å². The van der Waals surface area contributed by atoms with Crippen LogP contribution in [0.15, 0.2) is 41.8 Å². The summed E-state index contributed by atoms with van der Waals surface area (Å²) < 4.78 is 5.55. The van der Waals surface area contributed by atoms with Crippen molar-refractivity contribution in [2.24, 2.45) is 11.3 Å². The first kappa shape index (κ1) is 19.4. The van der Waals surface area contributed by atoms with Gasteiger partial charge in [0.15, 0.2) is 0 Å². The number of rotatable bonds is 4. The van der Waals surface area contributed by atoms with Crippen LogP contribution in [0.25, 0.3) is 0 Å². The van der Waals surface area contributed by atoms with Crippen LogP contribution in [-0.4, -0.2) is 43.0 Å². The van der Waals surface area contributed by atoms with Gasteiger partial charge in [-0.2, -0.15) is 0 Å². The number of benzene rings is 1. The topological polar surface area (TPSA) is 58.6 Å². The van der Waals surface area contributed by atoms with E-state index in [9.17, 15) is 9.59 Å². The van der Waals surface area contributed by atoms with Crippen LogP contribution in [0.5, 0.6) is 0 Å². The third-order valence-electron chi connectivity index (χ3n) is 5.83. The first-order valence-electron chi connectivity index (χ1n) is 9.50. The summed E-state index contributed by atoms with van der Waals surface area (Å²) in [5.41, 5.74) is 0.348. The highest BCUT2D eigenvalue weighted by atomic mass is 35.5. The molecule has 1 aromatic carbocycles. The number of carbonyl (C=O) groups excluding carboxylic acids is 2. The van der Waals surface area contributed by atoms with Crippen LogP contribution in [-0.2, 0) is 16.1 Å². The second-order valence-electron chi connectivity index (χ2n) is 7.52. The molecule has 5 nitrogen and oxygen atoms in total. The van der Waals surface area contributed by atoms with E-state index in [0.29, 0.717) is 43.4 Å². The molecule has 1 N–H and O–H groups in total. The van der Waals surface area contributed by atoms with Gasteiger partial charge >= 0.3 is 0 Å². The maximum Gasteiger partial charge on any atom is 0.253 e. The molecular formula is C21H23ClN2O3S. The molecule has 1 spiro atoms. The van der Waals surface area contributed by atoms with Crippen molar-refractivity contribution in [2.45, 2.75) is 19.4 Å². The third kappa shape index (κ3) is 3.95. The summed E-state index contributed by atoms with van der Waals surface area (Å²) in [4.78, 5) is 29.0. The number of hydrogen-bond acceptors (Lipinski definition) is 4. The fourth-order valence-electron chi connectivity index (χ4n) is 4.28. The monoisotopic (exact) mass is 418 g/mol. The van der Waals surface area contributed by atoms with E-state index in [2.05, 4.69) is 5.32 Å². The number of amides is 2. The molecule has 2 aliphatic heterocycles. The zero-order valence-electron chi connectivity index (χ0n) is 15.5. The first-order valence-corrected chi connectivity index (χ1v) is 10.8. The zero-order chi connectivity index (χ0) is 19.6. The average molecular weight is 419 g/mol. The molecule has 2 amide bonds. The second-order valence-corrected chi connectivity index (χ2v) is 8.99. The summed E-state index contributed by atoms with van der Waals surface area (Å²) in [6, 6.07) is 11.0. The van der Waals surface area contributed by atoms with E-state index >= 15 is 0 Å². The lowest BCUT2D eigenvalue weighted by Gasteiger charge is -2.37. The number of nitrogens with zero attached hydrogens (tertiary/aromatic N) is 1. The van der Waals surface area contributed by atoms with Crippen LogP contribution in [0.3, 0.4) is 0 Å². The van der Waals surface area contributed by atoms with Crippen molar-refractivity contribution in [3.8, 4) is 0 Å². The summed E-state index contributed by atoms with van der Waals surface area (Å²) in [5.74, 6) is -0.266. The number of likely N-dealkylation sites (tertiary alicyclic amines) is 1. The number of carbonyl (C=O) groups is 2. The molecular weight excluding hydrogens is 396 g/mol. The Hall–Kier alpha value is -1.89. The minimum Gasteiger partial charge on any atom is -0.381 e. The molecule has 4 rings (SSSR count). The van der Waals surface area contributed by atoms with Gasteiger partial charge in [-0.3, -0.25) is 9.59 Å². The fraction of sp³-hybridized carbons (Fsp3) is 0.429. The van der Waals surface area contributed by atoms with Gasteiger partial charge in [-0.25, -0.2) is 0 Å². The van der Waals surface area contributed by atoms with Gasteiger partial charge in [0.25, 0.3) is 5.91 Å². The molecule has 0 aliphatic carbocycles. The average Bonchev–Trinajstić information content (AvgIpc) is 3.35. The molecule has 148 valence electrons. The Balaban J connectivity index is 1.52. The Morgan fingerprint density at radius 2 is 2.07 bits per heavy atom. The number of hydrogen-bond donors (Lipinski definition) is 1. The predicted molar refractivity (Wildman–Crippen MR) is 109 cm³/mol. The van der Waals surface area contributed by atoms with Crippen LogP contribution >= 0.6 is 22.9 Å². The molecule has 2 fully saturated rings. The van der Waals surface area contributed by atoms with Crippen LogP contribution in [0.1, 0.15) is 28.1 Å². The quantitative estimate of drug-likeness (QED) is 0.825. The molecule has 1 atom stereocenters. The highest BCUT2D eigenvalue weighted by Crippen LogP contribution is 2.44. The van der Waals surface area contributed by atoms with E-state index in [1.54, 1.807) is 35.6 Å². The van der Waals surface area contributed by atoms with Crippen molar-refractivity contribution in [1.82, 2.24) is 10.2 Å². The highest BCUT2D eigenvalue weighted by Gasteiger charge is 2.51. The van der Waals surface area contributed by atoms with E-state index < -0.39 is 0 Å². The van der Waals surface area contributed by atoms with E-state index in [1.807, 2.05) is 22.4 Å². The molecule has 7 heteroatoms. The Morgan fingerprint density at radius 3 is 2.79 bits per heavy atom. The van der Waals surface area contributed by atoms with Gasteiger partial charge in [0, 0.05) is 47.2 Å². The maximum atomic E-state index is 13.1. The Morgan fingerprint density at radius 1 is 1.25 bits per heavy atom. The van der Waals surface area contributed by atoms with Crippen LogP contribution < -0.4 is 5.32 Å². The predicted octanol–water partition coefficient (Wildman–Crippen LogP) is 3.59. The molecule has 0 radical (unpaired) electrons. The zero-order valence-corrected chi connectivity index (χ0v) is 17.1. The lowest BCUT2D eigenvalue weighted by Crippen LogP contribution is -2.44. The summed E-state index contributed by atoms with van der Waals surface area (Å²) >= 11 is 7.68. The summed E-state index contributed by atoms with van der Waals surface area (Å²) in [6.07, 6.45) is 1.59. The van der Waals surface area contributed by atoms with Crippen LogP contribution in [0, 0.1) is 11.3 Å². The number of thiophene rings is 1. The van der Waals surface area contributed by atoms with Gasteiger partial charge < -0.3 is 15.0 Å². The summed E-state index contributed by atoms with van der Waals surface area (Å²) in [5, 5.41) is 5.62. The Kier molecular flexibility index (Phi) is 5.71. The van der Waals surface area contributed by atoms with Crippen molar-refractivity contribution >= 4 is 34.8 Å². The first-order chi connectivity index (χ1) is 13.6. The summed E-state index contributed by atoms with van der Waals surface area (Å²) in [7, 11) is 0. The second kappa shape index (κ2) is 8.23. The largest absolute Gasteiger partial charge is 0.381 e. The number of nitrogens with one attached hydrogen (secondary N) is 1. The van der Waals surface area contributed by atoms with Gasteiger partial charge in [0.05, 0.1) is 12.5 Å². The maximum absolute atomic E-state index is 13.1. The van der Waals surface area contributed by atoms with E-state index in [-0.39, 0.29) is 23.1 Å². The van der Waals surface area contributed by atoms with Crippen molar-refractivity contribution in [3.05, 3.63) is 57.2 Å². The minimum atomic E-state index is -0.223. The van der Waals surface area contributed by atoms with Crippen molar-refractivity contribution in [2.75, 3.05) is 26.3 Å². The van der Waals surface area contributed by atoms with Gasteiger partial charge in [0.2, 0.25) is 5.91 Å². The third-order valence-corrected chi connectivity index (χ3v) is 6.94. The molecule has 0 bridgehead atoms. The minimum absolute atomic E-state index is 0.0247. The van der Waals surface area contributed by atoms with Crippen molar-refractivity contribution < 1.29 is 14.3 Å². The Bertz CT molecular complexity index is 849. The van der Waals surface area contributed by atoms with Crippen molar-refractivity contribution in [3.63, 3.8) is 0 Å².